The third-order valence-corrected chi connectivity index (χ3v) is 5.92. The number of aliphatic hydroxyl groups excluding tert-OH is 1. The Morgan fingerprint density at radius 1 is 1.15 bits per heavy atom. The molecule has 0 spiro atoms. The molecule has 1 aromatic carbocycles. The van der Waals surface area contributed by atoms with E-state index in [9.17, 15) is 27.9 Å². The van der Waals surface area contributed by atoms with Gasteiger partial charge in [0.05, 0.1) is 11.6 Å². The van der Waals surface area contributed by atoms with Crippen LogP contribution in [0.1, 0.15) is 31.6 Å². The minimum absolute atomic E-state index is 0.00324. The standard InChI is InChI=1S/C23H20Cl2F3N7O4/c1-12(39-13(2)36)19-30-18(31-35(19)21-16(25)4-3-9-29-21)11-34-22(38)33(10-17(37)23(26,27)28)20(32-34)14-5-7-15(24)8-6-14/h3-9,12,17,37H,10-11H2,1-2H3/t12-,17-/m0/s1. The second-order valence-electron chi connectivity index (χ2n) is 8.30. The molecule has 0 saturated carbocycles. The lowest BCUT2D eigenvalue weighted by molar-refractivity contribution is -0.207. The van der Waals surface area contributed by atoms with E-state index in [0.717, 1.165) is 4.68 Å². The number of ether oxygens (including phenoxy) is 1. The molecule has 0 unspecified atom stereocenters. The van der Waals surface area contributed by atoms with E-state index in [0.29, 0.717) is 9.59 Å². The Hall–Kier alpha value is -3.75. The Labute approximate surface area is 228 Å². The van der Waals surface area contributed by atoms with Gasteiger partial charge in [-0.15, -0.1) is 10.2 Å². The number of carbonyl (C=O) groups is 1. The van der Waals surface area contributed by atoms with Gasteiger partial charge in [-0.2, -0.15) is 17.9 Å². The maximum Gasteiger partial charge on any atom is 0.416 e. The fourth-order valence-electron chi connectivity index (χ4n) is 3.62. The van der Waals surface area contributed by atoms with Gasteiger partial charge in [-0.05, 0) is 43.3 Å². The molecule has 0 radical (unpaired) electrons. The monoisotopic (exact) mass is 585 g/mol. The highest BCUT2D eigenvalue weighted by atomic mass is 35.5. The zero-order valence-electron chi connectivity index (χ0n) is 20.3. The summed E-state index contributed by atoms with van der Waals surface area (Å²) < 4.78 is 47.4. The van der Waals surface area contributed by atoms with Gasteiger partial charge in [0.2, 0.25) is 0 Å². The highest BCUT2D eigenvalue weighted by Gasteiger charge is 2.39. The van der Waals surface area contributed by atoms with Crippen LogP contribution in [0.2, 0.25) is 10.0 Å². The Bertz CT molecular complexity index is 1550. The number of carbonyl (C=O) groups excluding carboxylic acids is 1. The van der Waals surface area contributed by atoms with E-state index in [-0.39, 0.29) is 40.4 Å². The molecule has 1 N–H and O–H groups in total. The molecule has 16 heteroatoms. The van der Waals surface area contributed by atoms with E-state index < -0.39 is 36.6 Å². The lowest BCUT2D eigenvalue weighted by Crippen LogP contribution is -2.37. The van der Waals surface area contributed by atoms with E-state index in [4.69, 9.17) is 27.9 Å². The number of pyridine rings is 1. The molecule has 4 aromatic rings. The fourth-order valence-corrected chi connectivity index (χ4v) is 3.95. The van der Waals surface area contributed by atoms with Gasteiger partial charge >= 0.3 is 17.8 Å². The molecule has 0 aliphatic carbocycles. The Morgan fingerprint density at radius 2 is 1.85 bits per heavy atom. The van der Waals surface area contributed by atoms with Crippen LogP contribution in [-0.2, 0) is 22.6 Å². The molecule has 4 rings (SSSR count). The molecule has 0 fully saturated rings. The van der Waals surface area contributed by atoms with Crippen LogP contribution in [-0.4, -0.2) is 57.5 Å². The first-order valence-electron chi connectivity index (χ1n) is 11.3. The molecule has 39 heavy (non-hydrogen) atoms. The number of alkyl halides is 3. The molecular weight excluding hydrogens is 566 g/mol. The Balaban J connectivity index is 1.79. The fraction of sp³-hybridized carbons (Fsp3) is 0.304. The molecule has 0 bridgehead atoms. The second-order valence-corrected chi connectivity index (χ2v) is 9.14. The Morgan fingerprint density at radius 3 is 2.46 bits per heavy atom. The van der Waals surface area contributed by atoms with Crippen LogP contribution >= 0.6 is 23.2 Å². The van der Waals surface area contributed by atoms with E-state index in [1.165, 1.54) is 42.1 Å². The maximum atomic E-state index is 13.2. The first-order chi connectivity index (χ1) is 18.3. The van der Waals surface area contributed by atoms with Crippen LogP contribution in [0.5, 0.6) is 0 Å². The lowest BCUT2D eigenvalue weighted by atomic mass is 10.2. The van der Waals surface area contributed by atoms with Crippen molar-refractivity contribution in [2.24, 2.45) is 0 Å². The van der Waals surface area contributed by atoms with Crippen LogP contribution in [0.4, 0.5) is 13.2 Å². The summed E-state index contributed by atoms with van der Waals surface area (Å²) in [5, 5.41) is 18.8. The SMILES string of the molecule is CC(=O)O[C@@H](C)c1nc(Cn2nc(-c3ccc(Cl)cc3)n(C[C@H](O)C(F)(F)F)c2=O)nn1-c1ncccc1Cl. The van der Waals surface area contributed by atoms with Gasteiger partial charge in [-0.1, -0.05) is 23.2 Å². The number of rotatable bonds is 8. The van der Waals surface area contributed by atoms with E-state index in [1.807, 2.05) is 0 Å². The van der Waals surface area contributed by atoms with Crippen molar-refractivity contribution in [3.8, 4) is 17.2 Å². The van der Waals surface area contributed by atoms with Gasteiger partial charge < -0.3 is 9.84 Å². The summed E-state index contributed by atoms with van der Waals surface area (Å²) in [6.45, 7) is 1.28. The van der Waals surface area contributed by atoms with Crippen molar-refractivity contribution < 1.29 is 27.8 Å². The first kappa shape index (κ1) is 28.3. The van der Waals surface area contributed by atoms with Crippen molar-refractivity contribution in [1.29, 1.82) is 0 Å². The van der Waals surface area contributed by atoms with Crippen LogP contribution in [0.3, 0.4) is 0 Å². The van der Waals surface area contributed by atoms with Crippen LogP contribution in [0.25, 0.3) is 17.2 Å². The molecule has 3 aromatic heterocycles. The summed E-state index contributed by atoms with van der Waals surface area (Å²) in [7, 11) is 0. The largest absolute Gasteiger partial charge is 0.455 e. The van der Waals surface area contributed by atoms with Crippen molar-refractivity contribution in [3.63, 3.8) is 0 Å². The second kappa shape index (κ2) is 11.2. The zero-order chi connectivity index (χ0) is 28.5. The van der Waals surface area contributed by atoms with E-state index >= 15 is 0 Å². The summed E-state index contributed by atoms with van der Waals surface area (Å²) in [5.41, 5.74) is -0.669. The minimum atomic E-state index is -4.97. The van der Waals surface area contributed by atoms with Crippen molar-refractivity contribution in [3.05, 3.63) is 74.8 Å². The molecule has 0 saturated heterocycles. The average Bonchev–Trinajstić information content (AvgIpc) is 3.41. The highest BCUT2D eigenvalue weighted by Crippen LogP contribution is 2.25. The maximum absolute atomic E-state index is 13.2. The van der Waals surface area contributed by atoms with Crippen molar-refractivity contribution in [2.45, 2.75) is 45.3 Å². The molecule has 2 atom stereocenters. The summed E-state index contributed by atoms with van der Waals surface area (Å²) >= 11 is 12.2. The normalized spacial score (nSPS) is 13.3. The summed E-state index contributed by atoms with van der Waals surface area (Å²) in [6.07, 6.45) is -7.23. The van der Waals surface area contributed by atoms with Crippen LogP contribution < -0.4 is 5.69 Å². The molecule has 0 amide bonds. The Kier molecular flexibility index (Phi) is 8.09. The topological polar surface area (TPSA) is 130 Å². The van der Waals surface area contributed by atoms with Crippen molar-refractivity contribution in [2.75, 3.05) is 0 Å². The predicted molar refractivity (Wildman–Crippen MR) is 132 cm³/mol. The third-order valence-electron chi connectivity index (χ3n) is 5.37. The number of halogens is 5. The van der Waals surface area contributed by atoms with E-state index in [2.05, 4.69) is 20.2 Å². The van der Waals surface area contributed by atoms with E-state index in [1.54, 1.807) is 19.1 Å². The number of hydrogen-bond acceptors (Lipinski definition) is 8. The van der Waals surface area contributed by atoms with Gasteiger partial charge in [-0.25, -0.2) is 19.4 Å². The zero-order valence-corrected chi connectivity index (χ0v) is 21.8. The van der Waals surface area contributed by atoms with Gasteiger partial charge in [0.15, 0.2) is 35.5 Å². The number of esters is 1. The van der Waals surface area contributed by atoms with Crippen LogP contribution in [0, 0.1) is 0 Å². The molecule has 3 heterocycles. The summed E-state index contributed by atoms with van der Waals surface area (Å²) in [4.78, 5) is 33.3. The molecule has 206 valence electrons. The lowest BCUT2D eigenvalue weighted by Gasteiger charge is -2.15. The number of benzene rings is 1. The number of aliphatic hydroxyl groups is 1. The number of aromatic nitrogens is 7. The average molecular weight is 586 g/mol. The predicted octanol–water partition coefficient (Wildman–Crippen LogP) is 3.59. The minimum Gasteiger partial charge on any atom is -0.455 e. The van der Waals surface area contributed by atoms with Gasteiger partial charge in [0.1, 0.15) is 6.54 Å². The summed E-state index contributed by atoms with van der Waals surface area (Å²) in [5.74, 6) is -0.438. The molecule has 0 aliphatic rings. The molecular formula is C23H20Cl2F3N7O4. The van der Waals surface area contributed by atoms with Crippen LogP contribution in [0.15, 0.2) is 47.4 Å². The number of hydrogen-bond donors (Lipinski definition) is 1. The molecule has 0 aliphatic heterocycles. The highest BCUT2D eigenvalue weighted by molar-refractivity contribution is 6.32. The molecule has 11 nitrogen and oxygen atoms in total. The van der Waals surface area contributed by atoms with Crippen molar-refractivity contribution in [1.82, 2.24) is 34.1 Å². The number of nitrogens with zero attached hydrogens (tertiary/aromatic N) is 7. The smallest absolute Gasteiger partial charge is 0.416 e. The first-order valence-corrected chi connectivity index (χ1v) is 12.0. The van der Waals surface area contributed by atoms with Gasteiger partial charge in [-0.3, -0.25) is 9.36 Å². The quantitative estimate of drug-likeness (QED) is 0.310. The van der Waals surface area contributed by atoms with Gasteiger partial charge in [0.25, 0.3) is 0 Å². The third kappa shape index (κ3) is 6.29. The summed E-state index contributed by atoms with van der Waals surface area (Å²) in [6, 6.07) is 9.06. The van der Waals surface area contributed by atoms with Gasteiger partial charge in [0, 0.05) is 23.7 Å². The van der Waals surface area contributed by atoms with Crippen molar-refractivity contribution >= 4 is 29.2 Å².